The van der Waals surface area contributed by atoms with Gasteiger partial charge in [0.25, 0.3) is 5.91 Å². The van der Waals surface area contributed by atoms with E-state index in [9.17, 15) is 9.59 Å². The summed E-state index contributed by atoms with van der Waals surface area (Å²) in [5.74, 6) is 0.519. The van der Waals surface area contributed by atoms with Gasteiger partial charge in [-0.25, -0.2) is 9.78 Å². The molecule has 1 saturated heterocycles. The lowest BCUT2D eigenvalue weighted by atomic mass is 9.99. The molecule has 8 nitrogen and oxygen atoms in total. The average Bonchev–Trinajstić information content (AvgIpc) is 3.10. The molecule has 0 saturated carbocycles. The Morgan fingerprint density at radius 1 is 1.44 bits per heavy atom. The molecule has 1 aliphatic heterocycles. The normalized spacial score (nSPS) is 20.8. The van der Waals surface area contributed by atoms with Crippen LogP contribution in [0.5, 0.6) is 0 Å². The van der Waals surface area contributed by atoms with E-state index in [-0.39, 0.29) is 11.9 Å². The summed E-state index contributed by atoms with van der Waals surface area (Å²) >= 11 is 1.64. The van der Waals surface area contributed by atoms with Crippen LogP contribution in [0.1, 0.15) is 36.6 Å². The molecule has 1 aromatic rings. The number of rotatable bonds is 7. The molecular formula is C16H26N6O2S. The lowest BCUT2D eigenvalue weighted by molar-refractivity contribution is -0.130. The number of urea groups is 1. The van der Waals surface area contributed by atoms with Gasteiger partial charge in [0.2, 0.25) is 0 Å². The highest BCUT2D eigenvalue weighted by atomic mass is 32.1. The minimum Gasteiger partial charge on any atom is -0.356 e. The molecule has 0 radical (unpaired) electrons. The van der Waals surface area contributed by atoms with E-state index >= 15 is 0 Å². The molecule has 3 N–H and O–H groups in total. The summed E-state index contributed by atoms with van der Waals surface area (Å²) in [5.41, 5.74) is -0.770. The van der Waals surface area contributed by atoms with Gasteiger partial charge in [0.1, 0.15) is 10.5 Å². The monoisotopic (exact) mass is 366 g/mol. The number of amides is 3. The van der Waals surface area contributed by atoms with Crippen LogP contribution in [0.15, 0.2) is 11.2 Å². The molecule has 2 rings (SSSR count). The van der Waals surface area contributed by atoms with E-state index in [0.29, 0.717) is 38.4 Å². The van der Waals surface area contributed by atoms with Crippen molar-refractivity contribution >= 4 is 29.2 Å². The fourth-order valence-corrected chi connectivity index (χ4v) is 3.22. The smallest absolute Gasteiger partial charge is 0.325 e. The van der Waals surface area contributed by atoms with Gasteiger partial charge in [-0.1, -0.05) is 6.92 Å². The van der Waals surface area contributed by atoms with Crippen molar-refractivity contribution in [1.29, 1.82) is 0 Å². The Morgan fingerprint density at radius 3 is 2.76 bits per heavy atom. The molecule has 1 aliphatic rings. The van der Waals surface area contributed by atoms with Crippen molar-refractivity contribution in [2.45, 2.75) is 45.7 Å². The molecule has 0 aromatic carbocycles. The van der Waals surface area contributed by atoms with Gasteiger partial charge < -0.3 is 16.0 Å². The minimum absolute atomic E-state index is 0.151. The first-order valence-electron chi connectivity index (χ1n) is 8.39. The maximum absolute atomic E-state index is 12.3. The second-order valence-corrected chi connectivity index (χ2v) is 7.46. The molecule has 0 bridgehead atoms. The number of aryl methyl sites for hydroxylation is 1. The maximum Gasteiger partial charge on any atom is 0.325 e. The van der Waals surface area contributed by atoms with Gasteiger partial charge in [-0.05, 0) is 26.7 Å². The summed E-state index contributed by atoms with van der Waals surface area (Å²) in [6, 6.07) is -0.309. The number of nitrogens with zero attached hydrogens (tertiary/aromatic N) is 3. The number of hydrogen-bond acceptors (Lipinski definition) is 5. The summed E-state index contributed by atoms with van der Waals surface area (Å²) in [4.78, 5) is 35.1. The molecule has 2 heterocycles. The zero-order valence-corrected chi connectivity index (χ0v) is 16.0. The van der Waals surface area contributed by atoms with Crippen molar-refractivity contribution in [2.75, 3.05) is 20.1 Å². The molecule has 138 valence electrons. The first kappa shape index (κ1) is 19.2. The van der Waals surface area contributed by atoms with E-state index in [2.05, 4.69) is 25.9 Å². The van der Waals surface area contributed by atoms with Gasteiger partial charge in [0.05, 0.1) is 6.54 Å². The van der Waals surface area contributed by atoms with Crippen LogP contribution in [-0.2, 0) is 11.3 Å². The zero-order chi connectivity index (χ0) is 18.4. The van der Waals surface area contributed by atoms with E-state index in [0.717, 1.165) is 5.01 Å². The number of aromatic nitrogens is 1. The number of imide groups is 1. The zero-order valence-electron chi connectivity index (χ0n) is 15.2. The van der Waals surface area contributed by atoms with E-state index in [1.807, 2.05) is 20.0 Å². The highest BCUT2D eigenvalue weighted by molar-refractivity contribution is 7.11. The predicted molar refractivity (Wildman–Crippen MR) is 98.6 cm³/mol. The Hall–Kier alpha value is -2.16. The van der Waals surface area contributed by atoms with Gasteiger partial charge in [-0.15, -0.1) is 11.3 Å². The molecule has 25 heavy (non-hydrogen) atoms. The maximum atomic E-state index is 12.3. The highest BCUT2D eigenvalue weighted by Gasteiger charge is 2.45. The number of aliphatic imine (C=N–C) groups is 1. The van der Waals surface area contributed by atoms with Crippen LogP contribution in [0, 0.1) is 6.92 Å². The first-order valence-corrected chi connectivity index (χ1v) is 9.21. The van der Waals surface area contributed by atoms with E-state index < -0.39 is 5.54 Å². The fraction of sp³-hybridized carbons (Fsp3) is 0.625. The average molecular weight is 366 g/mol. The Balaban J connectivity index is 1.72. The van der Waals surface area contributed by atoms with Gasteiger partial charge in [0.15, 0.2) is 5.96 Å². The molecule has 1 fully saturated rings. The number of nitrogens with one attached hydrogen (secondary N) is 3. The molecule has 1 unspecified atom stereocenters. The van der Waals surface area contributed by atoms with Crippen molar-refractivity contribution in [3.05, 3.63) is 16.1 Å². The van der Waals surface area contributed by atoms with Crippen LogP contribution in [-0.4, -0.2) is 53.5 Å². The van der Waals surface area contributed by atoms with Crippen molar-refractivity contribution < 1.29 is 9.59 Å². The summed E-state index contributed by atoms with van der Waals surface area (Å²) in [5, 5.41) is 10.1. The lowest BCUT2D eigenvalue weighted by Gasteiger charge is -2.19. The van der Waals surface area contributed by atoms with E-state index in [1.165, 1.54) is 9.78 Å². The molecular weight excluding hydrogens is 340 g/mol. The Kier molecular flexibility index (Phi) is 6.35. The number of thiazole rings is 1. The summed E-state index contributed by atoms with van der Waals surface area (Å²) in [6.45, 7) is 7.28. The second kappa shape index (κ2) is 8.28. The number of guanidine groups is 1. The Labute approximate surface area is 152 Å². The van der Waals surface area contributed by atoms with Crippen LogP contribution >= 0.6 is 11.3 Å². The quantitative estimate of drug-likeness (QED) is 0.292. The third kappa shape index (κ3) is 4.68. The standard InChI is InChI=1S/C16H26N6O2S/c1-5-16(3)13(23)22(15(24)21-16)8-6-7-18-14(17-4)20-10-12-19-9-11(2)25-12/h9H,5-8,10H2,1-4H3,(H,21,24)(H2,17,18,20). The highest BCUT2D eigenvalue weighted by Crippen LogP contribution is 2.20. The van der Waals surface area contributed by atoms with Crippen LogP contribution in [0.3, 0.4) is 0 Å². The van der Waals surface area contributed by atoms with Crippen LogP contribution < -0.4 is 16.0 Å². The fourth-order valence-electron chi connectivity index (χ4n) is 2.50. The number of carbonyl (C=O) groups is 2. The molecule has 0 aliphatic carbocycles. The van der Waals surface area contributed by atoms with E-state index in [1.54, 1.807) is 25.3 Å². The molecule has 3 amide bonds. The van der Waals surface area contributed by atoms with Gasteiger partial charge in [0, 0.05) is 31.2 Å². The van der Waals surface area contributed by atoms with Gasteiger partial charge in [-0.3, -0.25) is 14.7 Å². The van der Waals surface area contributed by atoms with Crippen molar-refractivity contribution in [1.82, 2.24) is 25.8 Å². The predicted octanol–water partition coefficient (Wildman–Crippen LogP) is 1.23. The summed E-state index contributed by atoms with van der Waals surface area (Å²) in [7, 11) is 1.70. The van der Waals surface area contributed by atoms with Crippen LogP contribution in [0.25, 0.3) is 0 Å². The largest absolute Gasteiger partial charge is 0.356 e. The van der Waals surface area contributed by atoms with Crippen molar-refractivity contribution in [2.24, 2.45) is 4.99 Å². The number of carbonyl (C=O) groups excluding carboxylic acids is 2. The number of hydrogen-bond donors (Lipinski definition) is 3. The Morgan fingerprint density at radius 2 is 2.20 bits per heavy atom. The van der Waals surface area contributed by atoms with Gasteiger partial charge in [-0.2, -0.15) is 0 Å². The van der Waals surface area contributed by atoms with Crippen molar-refractivity contribution in [3.8, 4) is 0 Å². The molecule has 0 spiro atoms. The first-order chi connectivity index (χ1) is 11.9. The molecule has 1 atom stereocenters. The Bertz CT molecular complexity index is 659. The molecule has 9 heteroatoms. The van der Waals surface area contributed by atoms with Crippen LogP contribution in [0.2, 0.25) is 0 Å². The van der Waals surface area contributed by atoms with Crippen LogP contribution in [0.4, 0.5) is 4.79 Å². The minimum atomic E-state index is -0.770. The van der Waals surface area contributed by atoms with Crippen molar-refractivity contribution in [3.63, 3.8) is 0 Å². The molecule has 1 aromatic heterocycles. The summed E-state index contributed by atoms with van der Waals surface area (Å²) < 4.78 is 0. The summed E-state index contributed by atoms with van der Waals surface area (Å²) in [6.07, 6.45) is 3.08. The topological polar surface area (TPSA) is 98.7 Å². The van der Waals surface area contributed by atoms with Gasteiger partial charge >= 0.3 is 6.03 Å². The second-order valence-electron chi connectivity index (χ2n) is 6.14. The third-order valence-corrected chi connectivity index (χ3v) is 5.12. The lowest BCUT2D eigenvalue weighted by Crippen LogP contribution is -2.43. The SMILES string of the molecule is CCC1(C)NC(=O)N(CCCNC(=NC)NCc2ncc(C)s2)C1=O. The third-order valence-electron chi connectivity index (χ3n) is 4.20. The van der Waals surface area contributed by atoms with E-state index in [4.69, 9.17) is 0 Å².